The van der Waals surface area contributed by atoms with Gasteiger partial charge in [0.15, 0.2) is 0 Å². The van der Waals surface area contributed by atoms with Gasteiger partial charge < -0.3 is 5.32 Å². The largest absolute Gasteiger partial charge is 0.348 e. The van der Waals surface area contributed by atoms with E-state index in [1.165, 1.54) is 0 Å². The zero-order chi connectivity index (χ0) is 12.3. The number of nitrogens with one attached hydrogen (secondary N) is 2. The quantitative estimate of drug-likeness (QED) is 0.760. The molecule has 94 valence electrons. The topological polar surface area (TPSA) is 87.7 Å². The molecule has 7 heteroatoms. The Morgan fingerprint density at radius 3 is 3.00 bits per heavy atom. The van der Waals surface area contributed by atoms with Gasteiger partial charge in [0.2, 0.25) is 5.82 Å². The van der Waals surface area contributed by atoms with Crippen molar-refractivity contribution in [3.05, 3.63) is 11.6 Å². The van der Waals surface area contributed by atoms with E-state index in [9.17, 15) is 9.00 Å². The van der Waals surface area contributed by atoms with Gasteiger partial charge in [0.25, 0.3) is 5.91 Å². The first kappa shape index (κ1) is 12.2. The molecular formula is C10H16N4O2S. The van der Waals surface area contributed by atoms with E-state index in [-0.39, 0.29) is 11.7 Å². The summed E-state index contributed by atoms with van der Waals surface area (Å²) in [6, 6.07) is 0. The average molecular weight is 256 g/mol. The van der Waals surface area contributed by atoms with Crippen LogP contribution in [0.15, 0.2) is 0 Å². The zero-order valence-electron chi connectivity index (χ0n) is 9.73. The van der Waals surface area contributed by atoms with Crippen LogP contribution in [0.25, 0.3) is 0 Å². The van der Waals surface area contributed by atoms with Crippen LogP contribution < -0.4 is 5.32 Å². The van der Waals surface area contributed by atoms with Gasteiger partial charge in [0.05, 0.1) is 0 Å². The highest BCUT2D eigenvalue weighted by atomic mass is 32.2. The van der Waals surface area contributed by atoms with Crippen molar-refractivity contribution in [3.8, 4) is 0 Å². The first-order valence-electron chi connectivity index (χ1n) is 5.76. The number of rotatable bonds is 6. The minimum absolute atomic E-state index is 0.175. The third kappa shape index (κ3) is 3.36. The Morgan fingerprint density at radius 2 is 2.35 bits per heavy atom. The standard InChI is InChI=1S/C10H16N4O2S/c1-2-17(16)6-5-11-10(15)9-12-8(13-14-9)7-3-4-7/h7H,2-6H2,1H3,(H,11,15)(H,12,13,14). The van der Waals surface area contributed by atoms with Crippen LogP contribution >= 0.6 is 0 Å². The van der Waals surface area contributed by atoms with Gasteiger partial charge in [0.1, 0.15) is 5.82 Å². The minimum Gasteiger partial charge on any atom is -0.348 e. The first-order chi connectivity index (χ1) is 8.20. The molecule has 1 atom stereocenters. The van der Waals surface area contributed by atoms with Gasteiger partial charge in [0, 0.05) is 34.8 Å². The molecule has 0 radical (unpaired) electrons. The lowest BCUT2D eigenvalue weighted by Gasteiger charge is -2.00. The SMILES string of the molecule is CCS(=O)CCNC(=O)c1n[nH]c(C2CC2)n1. The van der Waals surface area contributed by atoms with Crippen LogP contribution in [0.2, 0.25) is 0 Å². The molecule has 0 saturated heterocycles. The van der Waals surface area contributed by atoms with Crippen LogP contribution in [0.1, 0.15) is 42.1 Å². The Balaban J connectivity index is 1.80. The predicted molar refractivity (Wildman–Crippen MR) is 64.2 cm³/mol. The van der Waals surface area contributed by atoms with Crippen molar-refractivity contribution in [2.24, 2.45) is 0 Å². The summed E-state index contributed by atoms with van der Waals surface area (Å²) in [6.07, 6.45) is 2.23. The summed E-state index contributed by atoms with van der Waals surface area (Å²) in [7, 11) is -0.855. The monoisotopic (exact) mass is 256 g/mol. The van der Waals surface area contributed by atoms with E-state index in [0.29, 0.717) is 24.0 Å². The summed E-state index contributed by atoms with van der Waals surface area (Å²) < 4.78 is 11.2. The second kappa shape index (κ2) is 5.39. The molecule has 6 nitrogen and oxygen atoms in total. The Morgan fingerprint density at radius 1 is 1.59 bits per heavy atom. The molecule has 1 heterocycles. The summed E-state index contributed by atoms with van der Waals surface area (Å²) in [5.74, 6) is 2.21. The van der Waals surface area contributed by atoms with Crippen LogP contribution in [0.4, 0.5) is 0 Å². The van der Waals surface area contributed by atoms with E-state index in [2.05, 4.69) is 20.5 Å². The van der Waals surface area contributed by atoms with Crippen LogP contribution in [0.3, 0.4) is 0 Å². The maximum atomic E-state index is 11.6. The average Bonchev–Trinajstić information content (AvgIpc) is 3.06. The molecule has 1 aliphatic carbocycles. The second-order valence-corrected chi connectivity index (χ2v) is 5.87. The summed E-state index contributed by atoms with van der Waals surface area (Å²) in [5, 5.41) is 9.31. The molecule has 1 aromatic heterocycles. The molecule has 0 spiro atoms. The molecule has 1 saturated carbocycles. The normalized spacial score (nSPS) is 16.8. The number of aromatic amines is 1. The Labute approximate surface area is 102 Å². The van der Waals surface area contributed by atoms with E-state index in [1.54, 1.807) is 0 Å². The fourth-order valence-corrected chi connectivity index (χ4v) is 2.04. The summed E-state index contributed by atoms with van der Waals surface area (Å²) in [6.45, 7) is 2.25. The smallest absolute Gasteiger partial charge is 0.290 e. The number of hydrogen-bond donors (Lipinski definition) is 2. The summed E-state index contributed by atoms with van der Waals surface area (Å²) in [5.41, 5.74) is 0. The predicted octanol–water partition coefficient (Wildman–Crippen LogP) is 0.180. The van der Waals surface area contributed by atoms with Crippen molar-refractivity contribution >= 4 is 16.7 Å². The van der Waals surface area contributed by atoms with Crippen molar-refractivity contribution in [3.63, 3.8) is 0 Å². The van der Waals surface area contributed by atoms with Gasteiger partial charge in [-0.05, 0) is 12.8 Å². The van der Waals surface area contributed by atoms with Crippen LogP contribution in [-0.4, -0.2) is 43.3 Å². The van der Waals surface area contributed by atoms with Crippen molar-refractivity contribution in [1.82, 2.24) is 20.5 Å². The number of H-pyrrole nitrogens is 1. The number of carbonyl (C=O) groups excluding carboxylic acids is 1. The second-order valence-electron chi connectivity index (χ2n) is 4.01. The molecule has 1 aliphatic rings. The number of aromatic nitrogens is 3. The Kier molecular flexibility index (Phi) is 3.88. The zero-order valence-corrected chi connectivity index (χ0v) is 10.5. The fraction of sp³-hybridized carbons (Fsp3) is 0.700. The molecular weight excluding hydrogens is 240 g/mol. The molecule has 1 unspecified atom stereocenters. The molecule has 17 heavy (non-hydrogen) atoms. The third-order valence-corrected chi connectivity index (χ3v) is 3.91. The molecule has 2 rings (SSSR count). The number of carbonyl (C=O) groups is 1. The highest BCUT2D eigenvalue weighted by molar-refractivity contribution is 7.84. The molecule has 1 fully saturated rings. The molecule has 1 amide bonds. The highest BCUT2D eigenvalue weighted by Crippen LogP contribution is 2.37. The van der Waals surface area contributed by atoms with Gasteiger partial charge in [-0.2, -0.15) is 0 Å². The number of hydrogen-bond acceptors (Lipinski definition) is 4. The maximum Gasteiger partial charge on any atom is 0.290 e. The summed E-state index contributed by atoms with van der Waals surface area (Å²) in [4.78, 5) is 15.8. The van der Waals surface area contributed by atoms with Gasteiger partial charge in [-0.1, -0.05) is 6.92 Å². The Bertz CT molecular complexity index is 428. The maximum absolute atomic E-state index is 11.6. The number of amides is 1. The minimum atomic E-state index is -0.855. The van der Waals surface area contributed by atoms with Crippen molar-refractivity contribution < 1.29 is 9.00 Å². The molecule has 2 N–H and O–H groups in total. The lowest BCUT2D eigenvalue weighted by atomic mass is 10.4. The van der Waals surface area contributed by atoms with E-state index < -0.39 is 10.8 Å². The lowest BCUT2D eigenvalue weighted by molar-refractivity contribution is 0.0946. The van der Waals surface area contributed by atoms with E-state index in [1.807, 2.05) is 6.92 Å². The van der Waals surface area contributed by atoms with Crippen molar-refractivity contribution in [2.45, 2.75) is 25.7 Å². The summed E-state index contributed by atoms with van der Waals surface area (Å²) >= 11 is 0. The molecule has 0 bridgehead atoms. The molecule has 1 aromatic rings. The van der Waals surface area contributed by atoms with Crippen LogP contribution in [0.5, 0.6) is 0 Å². The van der Waals surface area contributed by atoms with Crippen molar-refractivity contribution in [2.75, 3.05) is 18.1 Å². The van der Waals surface area contributed by atoms with Gasteiger partial charge >= 0.3 is 0 Å². The van der Waals surface area contributed by atoms with Crippen LogP contribution in [-0.2, 0) is 10.8 Å². The van der Waals surface area contributed by atoms with Gasteiger partial charge in [-0.25, -0.2) is 4.98 Å². The highest BCUT2D eigenvalue weighted by Gasteiger charge is 2.28. The molecule has 0 aliphatic heterocycles. The van der Waals surface area contributed by atoms with E-state index in [0.717, 1.165) is 18.7 Å². The third-order valence-electron chi connectivity index (χ3n) is 2.61. The molecule has 0 aromatic carbocycles. The van der Waals surface area contributed by atoms with Gasteiger partial charge in [-0.15, -0.1) is 5.10 Å². The van der Waals surface area contributed by atoms with E-state index in [4.69, 9.17) is 0 Å². The van der Waals surface area contributed by atoms with Crippen molar-refractivity contribution in [1.29, 1.82) is 0 Å². The van der Waals surface area contributed by atoms with E-state index >= 15 is 0 Å². The lowest BCUT2D eigenvalue weighted by Crippen LogP contribution is -2.28. The van der Waals surface area contributed by atoms with Gasteiger partial charge in [-0.3, -0.25) is 14.1 Å². The number of nitrogens with zero attached hydrogens (tertiary/aromatic N) is 2. The van der Waals surface area contributed by atoms with Crippen LogP contribution in [0, 0.1) is 0 Å². The Hall–Kier alpha value is -1.24. The first-order valence-corrected chi connectivity index (χ1v) is 7.25. The fourth-order valence-electron chi connectivity index (χ4n) is 1.42.